The molecule has 1 unspecified atom stereocenters. The smallest absolute Gasteiger partial charge is 0.100 e. The molecule has 0 aliphatic heterocycles. The summed E-state index contributed by atoms with van der Waals surface area (Å²) >= 11 is 0. The predicted molar refractivity (Wildman–Crippen MR) is 45.8 cm³/mol. The first kappa shape index (κ1) is 11.8. The van der Waals surface area contributed by atoms with Crippen LogP contribution in [0.5, 0.6) is 0 Å². The molecule has 74 valence electrons. The Hall–Kier alpha value is -0.200. The minimum Gasteiger partial charge on any atom is -0.634 e. The lowest BCUT2D eigenvalue weighted by atomic mass is 10.6. The molecule has 0 aliphatic carbocycles. The van der Waals surface area contributed by atoms with Gasteiger partial charge >= 0.3 is 0 Å². The normalized spacial score (nSPS) is 13.2. The molecule has 5 nitrogen and oxygen atoms in total. The molecule has 0 amide bonds. The molecule has 0 rings (SSSR count). The molecular formula is C7H18N2O3. The minimum atomic E-state index is 0.151. The Kier molecular flexibility index (Phi) is 8.74. The number of hydroxylamine groups is 2. The van der Waals surface area contributed by atoms with Crippen molar-refractivity contribution in [1.29, 1.82) is 0 Å². The molecule has 0 spiro atoms. The van der Waals surface area contributed by atoms with Crippen LogP contribution in [0.15, 0.2) is 0 Å². The number of likely N-dealkylation sites (N-methyl/N-ethyl adjacent to an activating group) is 1. The molecule has 12 heavy (non-hydrogen) atoms. The Bertz CT molecular complexity index is 90.7. The maximum atomic E-state index is 10.5. The van der Waals surface area contributed by atoms with Gasteiger partial charge in [0.25, 0.3) is 0 Å². The minimum absolute atomic E-state index is 0.151. The summed E-state index contributed by atoms with van der Waals surface area (Å²) in [5.41, 5.74) is 5.20. The van der Waals surface area contributed by atoms with Crippen molar-refractivity contribution < 1.29 is 14.5 Å². The molecule has 0 fully saturated rings. The first-order valence-corrected chi connectivity index (χ1v) is 4.12. The van der Waals surface area contributed by atoms with Gasteiger partial charge in [0.05, 0.1) is 33.5 Å². The van der Waals surface area contributed by atoms with Crippen molar-refractivity contribution in [3.05, 3.63) is 5.21 Å². The van der Waals surface area contributed by atoms with Gasteiger partial charge in [-0.1, -0.05) is 0 Å². The van der Waals surface area contributed by atoms with Crippen molar-refractivity contribution in [3.8, 4) is 0 Å². The van der Waals surface area contributed by atoms with Gasteiger partial charge in [-0.2, -0.15) is 0 Å². The van der Waals surface area contributed by atoms with E-state index < -0.39 is 0 Å². The fraction of sp³-hybridized carbons (Fsp3) is 1.00. The number of hydrogen-bond acceptors (Lipinski definition) is 4. The summed E-state index contributed by atoms with van der Waals surface area (Å²) in [6.45, 7) is 3.16. The summed E-state index contributed by atoms with van der Waals surface area (Å²) in [5.74, 6) is 0. The lowest BCUT2D eigenvalue weighted by Crippen LogP contribution is -3.04. The largest absolute Gasteiger partial charge is 0.634 e. The second kappa shape index (κ2) is 8.89. The molecule has 0 aromatic heterocycles. The summed E-state index contributed by atoms with van der Waals surface area (Å²) in [4.78, 5) is 0. The van der Waals surface area contributed by atoms with E-state index in [0.717, 1.165) is 0 Å². The number of rotatable bonds is 8. The first-order chi connectivity index (χ1) is 5.77. The van der Waals surface area contributed by atoms with Gasteiger partial charge in [0.15, 0.2) is 0 Å². The zero-order valence-electron chi connectivity index (χ0n) is 7.54. The molecule has 0 heterocycles. The highest BCUT2D eigenvalue weighted by atomic mass is 16.5. The van der Waals surface area contributed by atoms with Crippen LogP contribution in [-0.2, 0) is 9.47 Å². The van der Waals surface area contributed by atoms with Gasteiger partial charge in [0, 0.05) is 6.54 Å². The van der Waals surface area contributed by atoms with E-state index in [9.17, 15) is 5.21 Å². The van der Waals surface area contributed by atoms with Gasteiger partial charge in [-0.3, -0.25) is 0 Å². The van der Waals surface area contributed by atoms with Gasteiger partial charge in [0.1, 0.15) is 6.54 Å². The summed E-state index contributed by atoms with van der Waals surface area (Å²) in [6, 6.07) is 0. The van der Waals surface area contributed by atoms with E-state index in [0.29, 0.717) is 39.5 Å². The Labute approximate surface area is 73.0 Å². The highest BCUT2D eigenvalue weighted by molar-refractivity contribution is 4.33. The average Bonchev–Trinajstić information content (AvgIpc) is 2.02. The van der Waals surface area contributed by atoms with Crippen molar-refractivity contribution in [2.45, 2.75) is 0 Å². The maximum Gasteiger partial charge on any atom is 0.100 e. The predicted octanol–water partition coefficient (Wildman–Crippen LogP) is -2.01. The number of quaternary nitrogens is 1. The topological polar surface area (TPSA) is 72.0 Å². The summed E-state index contributed by atoms with van der Waals surface area (Å²) < 4.78 is 10.2. The molecule has 0 aliphatic rings. The number of nitrogens with two attached hydrogens (primary N) is 1. The molecule has 0 aromatic carbocycles. The SMILES string of the molecule is C[NH+]([O-])CCOCCOCCN. The zero-order chi connectivity index (χ0) is 9.23. The molecule has 0 radical (unpaired) electrons. The molecule has 5 heteroatoms. The van der Waals surface area contributed by atoms with E-state index >= 15 is 0 Å². The van der Waals surface area contributed by atoms with Crippen LogP contribution in [-0.4, -0.2) is 46.6 Å². The van der Waals surface area contributed by atoms with Gasteiger partial charge in [-0.25, -0.2) is 0 Å². The number of ether oxygens (including phenoxy) is 2. The Balaban J connectivity index is 2.82. The monoisotopic (exact) mass is 178 g/mol. The standard InChI is InChI=1S/C7H18N2O3/c1-9(10)3-5-12-7-6-11-4-2-8/h9H,2-8H2,1H3. The highest BCUT2D eigenvalue weighted by Crippen LogP contribution is 1.75. The van der Waals surface area contributed by atoms with Crippen LogP contribution in [0.1, 0.15) is 0 Å². The molecule has 0 saturated carbocycles. The lowest BCUT2D eigenvalue weighted by Gasteiger charge is -2.15. The van der Waals surface area contributed by atoms with Gasteiger partial charge in [-0.15, -0.1) is 0 Å². The third-order valence-corrected chi connectivity index (χ3v) is 1.23. The van der Waals surface area contributed by atoms with Crippen molar-refractivity contribution >= 4 is 0 Å². The quantitative estimate of drug-likeness (QED) is 0.333. The van der Waals surface area contributed by atoms with E-state index in [1.54, 1.807) is 7.05 Å². The zero-order valence-corrected chi connectivity index (χ0v) is 7.54. The summed E-state index contributed by atoms with van der Waals surface area (Å²) in [5, 5.41) is 10.6. The van der Waals surface area contributed by atoms with E-state index in [1.165, 1.54) is 0 Å². The molecular weight excluding hydrogens is 160 g/mol. The molecule has 0 bridgehead atoms. The number of hydrogen-bond donors (Lipinski definition) is 2. The maximum absolute atomic E-state index is 10.5. The van der Waals surface area contributed by atoms with Crippen LogP contribution in [0, 0.1) is 5.21 Å². The lowest BCUT2D eigenvalue weighted by molar-refractivity contribution is -0.826. The van der Waals surface area contributed by atoms with E-state index in [4.69, 9.17) is 15.2 Å². The molecule has 0 saturated heterocycles. The van der Waals surface area contributed by atoms with E-state index in [2.05, 4.69) is 0 Å². The van der Waals surface area contributed by atoms with E-state index in [1.807, 2.05) is 0 Å². The third-order valence-electron chi connectivity index (χ3n) is 1.23. The van der Waals surface area contributed by atoms with Crippen molar-refractivity contribution in [3.63, 3.8) is 0 Å². The molecule has 0 aromatic rings. The fourth-order valence-corrected chi connectivity index (χ4v) is 0.621. The third kappa shape index (κ3) is 9.80. The van der Waals surface area contributed by atoms with Gasteiger partial charge in [-0.05, 0) is 0 Å². The number of nitrogens with one attached hydrogen (secondary N) is 1. The van der Waals surface area contributed by atoms with Crippen LogP contribution < -0.4 is 10.8 Å². The Morgan fingerprint density at radius 3 is 2.25 bits per heavy atom. The van der Waals surface area contributed by atoms with Gasteiger partial charge in [0.2, 0.25) is 0 Å². The van der Waals surface area contributed by atoms with Crippen LogP contribution in [0.25, 0.3) is 0 Å². The van der Waals surface area contributed by atoms with Crippen molar-refractivity contribution in [1.82, 2.24) is 0 Å². The van der Waals surface area contributed by atoms with Crippen molar-refractivity contribution in [2.24, 2.45) is 5.73 Å². The average molecular weight is 178 g/mol. The van der Waals surface area contributed by atoms with Gasteiger partial charge < -0.3 is 25.5 Å². The van der Waals surface area contributed by atoms with Crippen molar-refractivity contribution in [2.75, 3.05) is 46.6 Å². The Morgan fingerprint density at radius 1 is 1.17 bits per heavy atom. The highest BCUT2D eigenvalue weighted by Gasteiger charge is 1.90. The second-order valence-corrected chi connectivity index (χ2v) is 2.47. The first-order valence-electron chi connectivity index (χ1n) is 4.12. The van der Waals surface area contributed by atoms with Crippen LogP contribution in [0.2, 0.25) is 0 Å². The van der Waals surface area contributed by atoms with E-state index in [-0.39, 0.29) is 5.06 Å². The second-order valence-electron chi connectivity index (χ2n) is 2.47. The summed E-state index contributed by atoms with van der Waals surface area (Å²) in [6.07, 6.45) is 0. The van der Waals surface area contributed by atoms with Crippen LogP contribution in [0.3, 0.4) is 0 Å². The molecule has 1 atom stereocenters. The Morgan fingerprint density at radius 2 is 1.75 bits per heavy atom. The van der Waals surface area contributed by atoms with Crippen LogP contribution >= 0.6 is 0 Å². The molecule has 3 N–H and O–H groups in total. The van der Waals surface area contributed by atoms with Crippen LogP contribution in [0.4, 0.5) is 0 Å². The summed E-state index contributed by atoms with van der Waals surface area (Å²) in [7, 11) is 1.55. The fourth-order valence-electron chi connectivity index (χ4n) is 0.621.